The van der Waals surface area contributed by atoms with Crippen molar-refractivity contribution in [3.05, 3.63) is 5.69 Å². The highest BCUT2D eigenvalue weighted by molar-refractivity contribution is 5.77. The summed E-state index contributed by atoms with van der Waals surface area (Å²) >= 11 is 0. The van der Waals surface area contributed by atoms with Gasteiger partial charge in [-0.15, -0.1) is 0 Å². The summed E-state index contributed by atoms with van der Waals surface area (Å²) in [6.45, 7) is 4.18. The Hall–Kier alpha value is -1.56. The summed E-state index contributed by atoms with van der Waals surface area (Å²) in [6.07, 6.45) is 4.72. The van der Waals surface area contributed by atoms with Gasteiger partial charge in [0.1, 0.15) is 5.52 Å². The van der Waals surface area contributed by atoms with E-state index < -0.39 is 0 Å². The van der Waals surface area contributed by atoms with E-state index in [1.807, 2.05) is 11.7 Å². The molecule has 20 heavy (non-hydrogen) atoms. The monoisotopic (exact) mass is 276 g/mol. The lowest BCUT2D eigenvalue weighted by Gasteiger charge is -2.32. The summed E-state index contributed by atoms with van der Waals surface area (Å²) in [5, 5.41) is 4.55. The van der Waals surface area contributed by atoms with Crippen molar-refractivity contribution >= 4 is 17.1 Å². The zero-order valence-electron chi connectivity index (χ0n) is 12.6. The smallest absolute Gasteiger partial charge is 0.202 e. The summed E-state index contributed by atoms with van der Waals surface area (Å²) in [6, 6.07) is 0.545. The second kappa shape index (κ2) is 5.09. The van der Waals surface area contributed by atoms with Crippen LogP contribution in [0.3, 0.4) is 0 Å². The molecule has 0 saturated carbocycles. The number of likely N-dealkylation sites (N-methyl/N-ethyl adjacent to an activating group) is 1. The highest BCUT2D eigenvalue weighted by Crippen LogP contribution is 2.24. The third kappa shape index (κ3) is 2.08. The lowest BCUT2D eigenvalue weighted by atomic mass is 10.0. The van der Waals surface area contributed by atoms with Crippen LogP contribution in [0.25, 0.3) is 11.2 Å². The number of fused-ring (bicyclic) bond motifs is 1. The number of anilines is 1. The maximum Gasteiger partial charge on any atom is 0.202 e. The molecule has 1 aliphatic rings. The number of aryl methyl sites for hydroxylation is 2. The van der Waals surface area contributed by atoms with E-state index in [9.17, 15) is 0 Å². The quantitative estimate of drug-likeness (QED) is 0.920. The zero-order valence-corrected chi connectivity index (χ0v) is 12.6. The molecule has 1 saturated heterocycles. The molecule has 1 atom stereocenters. The van der Waals surface area contributed by atoms with E-state index in [-0.39, 0.29) is 0 Å². The Bertz CT molecular complexity index is 611. The minimum Gasteiger partial charge on any atom is -0.369 e. The van der Waals surface area contributed by atoms with Gasteiger partial charge in [0.25, 0.3) is 0 Å². The molecule has 6 nitrogen and oxygen atoms in total. The van der Waals surface area contributed by atoms with Crippen LogP contribution in [-0.4, -0.2) is 43.9 Å². The minimum atomic E-state index is 0.545. The Labute approximate surface area is 119 Å². The number of nitrogens with two attached hydrogens (primary N) is 1. The van der Waals surface area contributed by atoms with Crippen LogP contribution in [0.2, 0.25) is 0 Å². The van der Waals surface area contributed by atoms with Gasteiger partial charge >= 0.3 is 0 Å². The molecule has 0 bridgehead atoms. The third-order valence-corrected chi connectivity index (χ3v) is 4.47. The maximum absolute atomic E-state index is 6.15. The SMILES string of the molecule is CCc1nn(C)c2c1nc(N)n2CC1CCCCN1C. The number of likely N-dealkylation sites (tertiary alicyclic amines) is 1. The van der Waals surface area contributed by atoms with Gasteiger partial charge in [0.2, 0.25) is 5.95 Å². The van der Waals surface area contributed by atoms with Gasteiger partial charge in [0.15, 0.2) is 5.65 Å². The first-order chi connectivity index (χ1) is 9.61. The lowest BCUT2D eigenvalue weighted by molar-refractivity contribution is 0.169. The van der Waals surface area contributed by atoms with Crippen molar-refractivity contribution in [2.45, 2.75) is 45.2 Å². The van der Waals surface area contributed by atoms with Crippen molar-refractivity contribution in [1.29, 1.82) is 0 Å². The Morgan fingerprint density at radius 1 is 1.30 bits per heavy atom. The first kappa shape index (κ1) is 13.4. The molecule has 1 fully saturated rings. The van der Waals surface area contributed by atoms with Gasteiger partial charge in [-0.25, -0.2) is 4.98 Å². The molecule has 1 aliphatic heterocycles. The molecule has 0 amide bonds. The lowest BCUT2D eigenvalue weighted by Crippen LogP contribution is -2.39. The Morgan fingerprint density at radius 2 is 2.10 bits per heavy atom. The average molecular weight is 276 g/mol. The molecule has 0 aromatic carbocycles. The Morgan fingerprint density at radius 3 is 2.80 bits per heavy atom. The topological polar surface area (TPSA) is 64.9 Å². The van der Waals surface area contributed by atoms with Crippen molar-refractivity contribution in [3.63, 3.8) is 0 Å². The summed E-state index contributed by atoms with van der Waals surface area (Å²) < 4.78 is 4.05. The first-order valence-corrected chi connectivity index (χ1v) is 7.49. The zero-order chi connectivity index (χ0) is 14.3. The number of nitrogens with zero attached hydrogens (tertiary/aromatic N) is 5. The van der Waals surface area contributed by atoms with Crippen molar-refractivity contribution in [2.24, 2.45) is 7.05 Å². The molecule has 2 aromatic rings. The molecule has 110 valence electrons. The number of hydrogen-bond donors (Lipinski definition) is 1. The molecule has 0 radical (unpaired) electrons. The van der Waals surface area contributed by atoms with Gasteiger partial charge in [0.05, 0.1) is 5.69 Å². The van der Waals surface area contributed by atoms with Crippen LogP contribution in [-0.2, 0) is 20.0 Å². The van der Waals surface area contributed by atoms with Crippen LogP contribution in [0.5, 0.6) is 0 Å². The molecular formula is C14H24N6. The second-order valence-corrected chi connectivity index (χ2v) is 5.81. The van der Waals surface area contributed by atoms with Crippen LogP contribution in [0, 0.1) is 0 Å². The van der Waals surface area contributed by atoms with E-state index in [4.69, 9.17) is 5.73 Å². The number of piperidine rings is 1. The van der Waals surface area contributed by atoms with Gasteiger partial charge in [0, 0.05) is 19.6 Å². The predicted octanol–water partition coefficient (Wildman–Crippen LogP) is 1.40. The van der Waals surface area contributed by atoms with Crippen molar-refractivity contribution in [3.8, 4) is 0 Å². The summed E-state index contributed by atoms with van der Waals surface area (Å²) in [7, 11) is 4.18. The summed E-state index contributed by atoms with van der Waals surface area (Å²) in [5.41, 5.74) is 9.20. The van der Waals surface area contributed by atoms with E-state index in [1.165, 1.54) is 25.8 Å². The average Bonchev–Trinajstić information content (AvgIpc) is 2.91. The molecule has 2 N–H and O–H groups in total. The standard InChI is InChI=1S/C14H24N6/c1-4-11-12-13(19(3)17-11)20(14(15)16-12)9-10-7-5-6-8-18(10)2/h10H,4-9H2,1-3H3,(H2,15,16). The van der Waals surface area contributed by atoms with Crippen LogP contribution >= 0.6 is 0 Å². The molecule has 0 spiro atoms. The number of aromatic nitrogens is 4. The molecule has 0 aliphatic carbocycles. The maximum atomic E-state index is 6.15. The first-order valence-electron chi connectivity index (χ1n) is 7.49. The number of imidazole rings is 1. The number of hydrogen-bond acceptors (Lipinski definition) is 4. The van der Waals surface area contributed by atoms with E-state index in [1.54, 1.807) is 0 Å². The fourth-order valence-corrected chi connectivity index (χ4v) is 3.26. The molecule has 6 heteroatoms. The van der Waals surface area contributed by atoms with Gasteiger partial charge in [-0.3, -0.25) is 9.25 Å². The normalized spacial score (nSPS) is 20.9. The van der Waals surface area contributed by atoms with Gasteiger partial charge in [-0.1, -0.05) is 13.3 Å². The number of rotatable bonds is 3. The van der Waals surface area contributed by atoms with Crippen molar-refractivity contribution in [1.82, 2.24) is 24.2 Å². The van der Waals surface area contributed by atoms with E-state index >= 15 is 0 Å². The molecule has 2 aromatic heterocycles. The highest BCUT2D eigenvalue weighted by Gasteiger charge is 2.23. The number of nitrogen functional groups attached to an aromatic ring is 1. The van der Waals surface area contributed by atoms with Gasteiger partial charge in [-0.05, 0) is 32.9 Å². The second-order valence-electron chi connectivity index (χ2n) is 5.81. The van der Waals surface area contributed by atoms with Crippen LogP contribution in [0.15, 0.2) is 0 Å². The fourth-order valence-electron chi connectivity index (χ4n) is 3.26. The van der Waals surface area contributed by atoms with Crippen LogP contribution in [0.1, 0.15) is 31.9 Å². The Balaban J connectivity index is 1.98. The molecular weight excluding hydrogens is 252 g/mol. The fraction of sp³-hybridized carbons (Fsp3) is 0.714. The summed E-state index contributed by atoms with van der Waals surface area (Å²) in [5.74, 6) is 0.613. The van der Waals surface area contributed by atoms with E-state index in [2.05, 4.69) is 33.5 Å². The summed E-state index contributed by atoms with van der Waals surface area (Å²) in [4.78, 5) is 6.97. The minimum absolute atomic E-state index is 0.545. The predicted molar refractivity (Wildman–Crippen MR) is 80.6 cm³/mol. The van der Waals surface area contributed by atoms with Gasteiger partial charge < -0.3 is 10.6 Å². The van der Waals surface area contributed by atoms with Crippen molar-refractivity contribution < 1.29 is 0 Å². The van der Waals surface area contributed by atoms with Crippen LogP contribution in [0.4, 0.5) is 5.95 Å². The van der Waals surface area contributed by atoms with E-state index in [0.717, 1.165) is 29.8 Å². The van der Waals surface area contributed by atoms with Gasteiger partial charge in [-0.2, -0.15) is 5.10 Å². The molecule has 3 heterocycles. The highest BCUT2D eigenvalue weighted by atomic mass is 15.4. The largest absolute Gasteiger partial charge is 0.369 e. The van der Waals surface area contributed by atoms with Crippen LogP contribution < -0.4 is 5.73 Å². The molecule has 3 rings (SSSR count). The molecule has 1 unspecified atom stereocenters. The van der Waals surface area contributed by atoms with Crippen molar-refractivity contribution in [2.75, 3.05) is 19.3 Å². The van der Waals surface area contributed by atoms with E-state index in [0.29, 0.717) is 12.0 Å². The Kier molecular flexibility index (Phi) is 3.41. The third-order valence-electron chi connectivity index (χ3n) is 4.47.